The third-order valence-corrected chi connectivity index (χ3v) is 5.30. The lowest BCUT2D eigenvalue weighted by atomic mass is 10.0. The Balaban J connectivity index is 0.000000157. The number of carboxylic acid groups (broad SMARTS) is 1. The number of esters is 1. The highest BCUT2D eigenvalue weighted by Crippen LogP contribution is 2.33. The summed E-state index contributed by atoms with van der Waals surface area (Å²) in [5.74, 6) is -1.96. The second-order valence-electron chi connectivity index (χ2n) is 6.98. The van der Waals surface area contributed by atoms with Crippen molar-refractivity contribution >= 4 is 29.4 Å². The number of hydrogen-bond acceptors (Lipinski definition) is 9. The SMILES string of the molecule is COC(=O)c1cc(C(=O)O)nc2ccnn12.O=c1[nH]c(-c2ccc3c(c2)CC[C@@H]3NCl)no1. The van der Waals surface area contributed by atoms with Gasteiger partial charge < -0.3 is 9.84 Å². The molecular weight excluding hydrogens is 456 g/mol. The molecule has 4 aromatic rings. The summed E-state index contributed by atoms with van der Waals surface area (Å²) in [4.78, 5) is 42.2. The molecule has 0 bridgehead atoms. The van der Waals surface area contributed by atoms with Gasteiger partial charge in [-0.25, -0.2) is 28.7 Å². The average molecular weight is 473 g/mol. The predicted molar refractivity (Wildman–Crippen MR) is 114 cm³/mol. The van der Waals surface area contributed by atoms with Crippen molar-refractivity contribution in [1.82, 2.24) is 29.6 Å². The molecule has 0 aliphatic heterocycles. The number of aromatic nitrogens is 5. The lowest BCUT2D eigenvalue weighted by Gasteiger charge is -2.08. The number of aromatic carboxylic acids is 1. The molecule has 0 spiro atoms. The maximum absolute atomic E-state index is 11.4. The van der Waals surface area contributed by atoms with E-state index in [9.17, 15) is 14.4 Å². The summed E-state index contributed by atoms with van der Waals surface area (Å²) in [6.45, 7) is 0. The molecule has 1 atom stereocenters. The fraction of sp³-hybridized carbons (Fsp3) is 0.200. The molecule has 0 fully saturated rings. The van der Waals surface area contributed by atoms with Gasteiger partial charge in [-0.05, 0) is 41.8 Å². The molecule has 170 valence electrons. The van der Waals surface area contributed by atoms with Crippen LogP contribution in [-0.4, -0.2) is 48.9 Å². The number of fused-ring (bicyclic) bond motifs is 2. The van der Waals surface area contributed by atoms with Crippen LogP contribution in [0.25, 0.3) is 17.0 Å². The Labute approximate surface area is 190 Å². The zero-order valence-electron chi connectivity index (χ0n) is 17.1. The van der Waals surface area contributed by atoms with Gasteiger partial charge in [0.1, 0.15) is 0 Å². The van der Waals surface area contributed by atoms with Crippen molar-refractivity contribution in [2.24, 2.45) is 0 Å². The first kappa shape index (κ1) is 22.2. The van der Waals surface area contributed by atoms with Crippen LogP contribution in [0.2, 0.25) is 0 Å². The first-order valence-corrected chi connectivity index (χ1v) is 10.0. The van der Waals surface area contributed by atoms with E-state index in [1.54, 1.807) is 0 Å². The largest absolute Gasteiger partial charge is 0.477 e. The van der Waals surface area contributed by atoms with Crippen molar-refractivity contribution in [2.45, 2.75) is 18.9 Å². The first-order valence-electron chi connectivity index (χ1n) is 9.63. The van der Waals surface area contributed by atoms with E-state index in [-0.39, 0.29) is 23.1 Å². The Bertz CT molecular complexity index is 1390. The molecule has 0 amide bonds. The fourth-order valence-electron chi connectivity index (χ4n) is 3.50. The number of halogens is 1. The van der Waals surface area contributed by atoms with Crippen LogP contribution < -0.4 is 10.6 Å². The van der Waals surface area contributed by atoms with Gasteiger partial charge in [0.15, 0.2) is 22.9 Å². The number of benzene rings is 1. The molecular formula is C20H17ClN6O6. The van der Waals surface area contributed by atoms with Crippen LogP contribution in [0.15, 0.2) is 45.8 Å². The van der Waals surface area contributed by atoms with E-state index in [4.69, 9.17) is 16.9 Å². The van der Waals surface area contributed by atoms with Crippen LogP contribution >= 0.6 is 11.8 Å². The Morgan fingerprint density at radius 1 is 1.33 bits per heavy atom. The molecule has 5 rings (SSSR count). The smallest absolute Gasteiger partial charge is 0.439 e. The minimum Gasteiger partial charge on any atom is -0.477 e. The number of nitrogens with zero attached hydrogens (tertiary/aromatic N) is 4. The average Bonchev–Trinajstić information content (AvgIpc) is 3.56. The molecule has 0 saturated carbocycles. The number of carboxylic acids is 1. The van der Waals surface area contributed by atoms with Gasteiger partial charge in [-0.2, -0.15) is 5.10 Å². The summed E-state index contributed by atoms with van der Waals surface area (Å²) in [5.41, 5.74) is 3.35. The second kappa shape index (κ2) is 9.22. The summed E-state index contributed by atoms with van der Waals surface area (Å²) in [6, 6.07) is 8.74. The summed E-state index contributed by atoms with van der Waals surface area (Å²) in [6.07, 6.45) is 3.37. The van der Waals surface area contributed by atoms with Crippen LogP contribution in [0.1, 0.15) is 44.6 Å². The predicted octanol–water partition coefficient (Wildman–Crippen LogP) is 1.97. The third kappa shape index (κ3) is 4.47. The molecule has 12 nitrogen and oxygen atoms in total. The molecule has 3 N–H and O–H groups in total. The van der Waals surface area contributed by atoms with Crippen molar-refractivity contribution in [3.8, 4) is 11.4 Å². The van der Waals surface area contributed by atoms with E-state index in [0.29, 0.717) is 5.82 Å². The van der Waals surface area contributed by atoms with Crippen molar-refractivity contribution in [3.63, 3.8) is 0 Å². The van der Waals surface area contributed by atoms with Crippen molar-refractivity contribution in [3.05, 3.63) is 69.6 Å². The van der Waals surface area contributed by atoms with Gasteiger partial charge in [0.25, 0.3) is 0 Å². The Morgan fingerprint density at radius 2 is 2.15 bits per heavy atom. The van der Waals surface area contributed by atoms with E-state index in [1.807, 2.05) is 18.2 Å². The number of nitrogens with one attached hydrogen (secondary N) is 2. The standard InChI is InChI=1S/C11H10ClN3O2.C9H7N3O4/c12-14-9-4-2-6-5-7(1-3-8(6)9)10-13-11(16)17-15-10;1-16-9(15)6-4-5(8(13)14)11-7-2-3-10-12(6)7/h1,3,5,9,14H,2,4H2,(H,13,15,16);2-4H,1H3,(H,13,14)/t9-;/m0./s1. The number of aromatic amines is 1. The summed E-state index contributed by atoms with van der Waals surface area (Å²) >= 11 is 5.67. The number of rotatable bonds is 4. The molecule has 1 aliphatic carbocycles. The van der Waals surface area contributed by atoms with Crippen LogP contribution in [0.4, 0.5) is 0 Å². The molecule has 0 radical (unpaired) electrons. The van der Waals surface area contributed by atoms with Crippen LogP contribution in [-0.2, 0) is 11.2 Å². The number of H-pyrrole nitrogens is 1. The molecule has 1 aliphatic rings. The minimum absolute atomic E-state index is 0.0231. The molecule has 0 saturated heterocycles. The lowest BCUT2D eigenvalue weighted by molar-refractivity contribution is 0.0590. The van der Waals surface area contributed by atoms with Crippen LogP contribution in [0, 0.1) is 0 Å². The summed E-state index contributed by atoms with van der Waals surface area (Å²) in [5, 5.41) is 16.3. The molecule has 0 unspecified atom stereocenters. The molecule has 33 heavy (non-hydrogen) atoms. The summed E-state index contributed by atoms with van der Waals surface area (Å²) in [7, 11) is 1.21. The number of aryl methyl sites for hydroxylation is 1. The molecule has 13 heteroatoms. The van der Waals surface area contributed by atoms with Crippen LogP contribution in [0.5, 0.6) is 0 Å². The maximum Gasteiger partial charge on any atom is 0.439 e. The Kier molecular flexibility index (Phi) is 6.20. The Hall–Kier alpha value is -4.03. The van der Waals surface area contributed by atoms with Gasteiger partial charge >= 0.3 is 17.7 Å². The van der Waals surface area contributed by atoms with Gasteiger partial charge in [-0.15, -0.1) is 0 Å². The highest BCUT2D eigenvalue weighted by atomic mass is 35.5. The normalized spacial score (nSPS) is 14.4. The zero-order chi connectivity index (χ0) is 23.5. The minimum atomic E-state index is -1.21. The van der Waals surface area contributed by atoms with E-state index >= 15 is 0 Å². The van der Waals surface area contributed by atoms with Gasteiger partial charge in [0.05, 0.1) is 13.3 Å². The third-order valence-electron chi connectivity index (χ3n) is 5.04. The van der Waals surface area contributed by atoms with Crippen molar-refractivity contribution < 1.29 is 24.0 Å². The topological polar surface area (TPSA) is 165 Å². The fourth-order valence-corrected chi connectivity index (χ4v) is 3.73. The molecule has 1 aromatic carbocycles. The zero-order valence-corrected chi connectivity index (χ0v) is 17.9. The van der Waals surface area contributed by atoms with E-state index < -0.39 is 17.7 Å². The van der Waals surface area contributed by atoms with Crippen LogP contribution in [0.3, 0.4) is 0 Å². The number of carbonyl (C=O) groups is 2. The number of methoxy groups -OCH3 is 1. The number of carbonyl (C=O) groups excluding carboxylic acids is 1. The summed E-state index contributed by atoms with van der Waals surface area (Å²) < 4.78 is 10.2. The quantitative estimate of drug-likeness (QED) is 0.295. The van der Waals surface area contributed by atoms with Gasteiger partial charge in [-0.1, -0.05) is 17.3 Å². The highest BCUT2D eigenvalue weighted by molar-refractivity contribution is 6.13. The highest BCUT2D eigenvalue weighted by Gasteiger charge is 2.22. The Morgan fingerprint density at radius 3 is 2.82 bits per heavy atom. The molecule has 3 heterocycles. The lowest BCUT2D eigenvalue weighted by Crippen LogP contribution is -2.13. The van der Waals surface area contributed by atoms with Gasteiger partial charge in [0, 0.05) is 23.7 Å². The number of hydrogen-bond donors (Lipinski definition) is 3. The number of ether oxygens (including phenoxy) is 1. The van der Waals surface area contributed by atoms with E-state index in [2.05, 4.69) is 34.3 Å². The second-order valence-corrected chi connectivity index (χ2v) is 7.20. The maximum atomic E-state index is 11.4. The van der Waals surface area contributed by atoms with Crippen molar-refractivity contribution in [2.75, 3.05) is 7.11 Å². The van der Waals surface area contributed by atoms with Gasteiger partial charge in [-0.3, -0.25) is 9.51 Å². The van der Waals surface area contributed by atoms with E-state index in [1.165, 1.54) is 35.0 Å². The van der Waals surface area contributed by atoms with E-state index in [0.717, 1.165) is 24.5 Å². The molecule has 3 aromatic heterocycles. The van der Waals surface area contributed by atoms with Gasteiger partial charge in [0.2, 0.25) is 0 Å². The first-order chi connectivity index (χ1) is 15.9. The van der Waals surface area contributed by atoms with Crippen molar-refractivity contribution in [1.29, 1.82) is 0 Å². The monoisotopic (exact) mass is 472 g/mol.